The van der Waals surface area contributed by atoms with Crippen molar-refractivity contribution in [1.82, 2.24) is 9.88 Å². The topological polar surface area (TPSA) is 76.3 Å². The van der Waals surface area contributed by atoms with E-state index >= 15 is 0 Å². The molecule has 5 nitrogen and oxygen atoms in total. The van der Waals surface area contributed by atoms with Crippen molar-refractivity contribution in [1.29, 1.82) is 0 Å². The Labute approximate surface area is 144 Å². The summed E-state index contributed by atoms with van der Waals surface area (Å²) in [6.45, 7) is 6.00. The highest BCUT2D eigenvalue weighted by molar-refractivity contribution is 7.91. The van der Waals surface area contributed by atoms with E-state index < -0.39 is 9.84 Å². The number of sulfone groups is 1. The van der Waals surface area contributed by atoms with E-state index in [0.29, 0.717) is 18.9 Å². The summed E-state index contributed by atoms with van der Waals surface area (Å²) in [5.41, 5.74) is 8.76. The molecule has 1 aromatic heterocycles. The Morgan fingerprint density at radius 3 is 2.25 bits per heavy atom. The van der Waals surface area contributed by atoms with E-state index in [1.165, 1.54) is 5.56 Å². The van der Waals surface area contributed by atoms with Crippen LogP contribution < -0.4 is 5.73 Å². The number of nitrogens with zero attached hydrogens (tertiary/aromatic N) is 2. The Kier molecular flexibility index (Phi) is 6.34. The minimum absolute atomic E-state index is 0.262. The number of rotatable bonds is 3. The van der Waals surface area contributed by atoms with Gasteiger partial charge in [0.15, 0.2) is 9.84 Å². The number of anilines is 1. The van der Waals surface area contributed by atoms with Gasteiger partial charge >= 0.3 is 0 Å². The van der Waals surface area contributed by atoms with Crippen LogP contribution in [0.1, 0.15) is 19.4 Å². The quantitative estimate of drug-likeness (QED) is 0.923. The van der Waals surface area contributed by atoms with E-state index in [1.54, 1.807) is 6.07 Å². The summed E-state index contributed by atoms with van der Waals surface area (Å²) >= 11 is 0. The first-order valence-corrected chi connectivity index (χ1v) is 10.1. The predicted molar refractivity (Wildman–Crippen MR) is 99.4 cm³/mol. The van der Waals surface area contributed by atoms with Gasteiger partial charge in [0.1, 0.15) is 5.82 Å². The number of hydrogen-bond acceptors (Lipinski definition) is 5. The lowest BCUT2D eigenvalue weighted by Crippen LogP contribution is -2.39. The van der Waals surface area contributed by atoms with Crippen LogP contribution in [0.5, 0.6) is 0 Å². The van der Waals surface area contributed by atoms with Crippen molar-refractivity contribution in [3.05, 3.63) is 48.0 Å². The lowest BCUT2D eigenvalue weighted by atomic mass is 10.1. The summed E-state index contributed by atoms with van der Waals surface area (Å²) in [6.07, 6.45) is 0. The molecule has 1 fully saturated rings. The van der Waals surface area contributed by atoms with Gasteiger partial charge in [-0.15, -0.1) is 0 Å². The van der Waals surface area contributed by atoms with Gasteiger partial charge in [0, 0.05) is 25.2 Å². The first-order chi connectivity index (χ1) is 11.5. The van der Waals surface area contributed by atoms with Gasteiger partial charge in [-0.25, -0.2) is 13.4 Å². The molecule has 0 spiro atoms. The van der Waals surface area contributed by atoms with Crippen LogP contribution in [-0.2, 0) is 16.4 Å². The van der Waals surface area contributed by atoms with E-state index in [1.807, 2.05) is 38.1 Å². The average molecular weight is 347 g/mol. The van der Waals surface area contributed by atoms with Gasteiger partial charge in [0.25, 0.3) is 0 Å². The van der Waals surface area contributed by atoms with Gasteiger partial charge in [0.2, 0.25) is 0 Å². The molecule has 2 aromatic rings. The fourth-order valence-corrected chi connectivity index (χ4v) is 3.84. The van der Waals surface area contributed by atoms with Crippen LogP contribution in [0, 0.1) is 0 Å². The van der Waals surface area contributed by atoms with Crippen LogP contribution >= 0.6 is 0 Å². The molecule has 0 aliphatic carbocycles. The molecule has 1 saturated heterocycles. The van der Waals surface area contributed by atoms with Gasteiger partial charge in [-0.1, -0.05) is 44.2 Å². The van der Waals surface area contributed by atoms with Crippen LogP contribution in [0.15, 0.2) is 42.5 Å². The zero-order valence-electron chi connectivity index (χ0n) is 14.3. The monoisotopic (exact) mass is 347 g/mol. The number of pyridine rings is 1. The third-order valence-corrected chi connectivity index (χ3v) is 5.47. The summed E-state index contributed by atoms with van der Waals surface area (Å²) in [7, 11) is -2.82. The van der Waals surface area contributed by atoms with Crippen LogP contribution in [0.25, 0.3) is 11.3 Å². The third-order valence-electron chi connectivity index (χ3n) is 3.86. The van der Waals surface area contributed by atoms with Gasteiger partial charge in [0.05, 0.1) is 17.2 Å². The smallest absolute Gasteiger partial charge is 0.152 e. The molecule has 2 heterocycles. The van der Waals surface area contributed by atoms with Crippen LogP contribution in [-0.4, -0.2) is 42.9 Å². The lowest BCUT2D eigenvalue weighted by molar-refractivity contribution is 0.287. The summed E-state index contributed by atoms with van der Waals surface area (Å²) in [4.78, 5) is 6.48. The first-order valence-electron chi connectivity index (χ1n) is 8.26. The van der Waals surface area contributed by atoms with E-state index in [2.05, 4.69) is 22.0 Å². The molecule has 0 unspecified atom stereocenters. The minimum atomic E-state index is -2.82. The summed E-state index contributed by atoms with van der Waals surface area (Å²) in [5, 5.41) is 0. The van der Waals surface area contributed by atoms with Crippen molar-refractivity contribution in [2.45, 2.75) is 20.4 Å². The van der Waals surface area contributed by atoms with E-state index in [4.69, 9.17) is 5.73 Å². The molecule has 0 amide bonds. The first kappa shape index (κ1) is 18.4. The second-order valence-corrected chi connectivity index (χ2v) is 7.88. The molecule has 3 rings (SSSR count). The van der Waals surface area contributed by atoms with Crippen molar-refractivity contribution in [2.24, 2.45) is 0 Å². The largest absolute Gasteiger partial charge is 0.384 e. The van der Waals surface area contributed by atoms with Crippen LogP contribution in [0.3, 0.4) is 0 Å². The molecule has 0 bridgehead atoms. The SMILES string of the molecule is CC.Nc1cccc(-c2ccc(CN3CCS(=O)(=O)CC3)cc2)n1. The average Bonchev–Trinajstić information content (AvgIpc) is 2.59. The molecular weight excluding hydrogens is 322 g/mol. The highest BCUT2D eigenvalue weighted by Gasteiger charge is 2.21. The van der Waals surface area contributed by atoms with Gasteiger partial charge in [-0.05, 0) is 17.7 Å². The van der Waals surface area contributed by atoms with E-state index in [-0.39, 0.29) is 11.5 Å². The van der Waals surface area contributed by atoms with Crippen LogP contribution in [0.2, 0.25) is 0 Å². The predicted octanol–water partition coefficient (Wildman–Crippen LogP) is 2.59. The zero-order valence-corrected chi connectivity index (χ0v) is 15.1. The second kappa shape index (κ2) is 8.26. The maximum Gasteiger partial charge on any atom is 0.152 e. The van der Waals surface area contributed by atoms with Crippen LogP contribution in [0.4, 0.5) is 5.82 Å². The molecular formula is C18H25N3O2S. The maximum absolute atomic E-state index is 11.4. The molecule has 0 radical (unpaired) electrons. The van der Waals surface area contributed by atoms with Crippen molar-refractivity contribution in [2.75, 3.05) is 30.3 Å². The molecule has 130 valence electrons. The van der Waals surface area contributed by atoms with Crippen molar-refractivity contribution >= 4 is 15.7 Å². The molecule has 24 heavy (non-hydrogen) atoms. The number of nitrogens with two attached hydrogens (primary N) is 1. The Morgan fingerprint density at radius 1 is 1.04 bits per heavy atom. The maximum atomic E-state index is 11.4. The molecule has 1 aliphatic heterocycles. The molecule has 6 heteroatoms. The molecule has 0 atom stereocenters. The van der Waals surface area contributed by atoms with Gasteiger partial charge in [-0.3, -0.25) is 4.90 Å². The molecule has 2 N–H and O–H groups in total. The molecule has 1 aromatic carbocycles. The third kappa shape index (κ3) is 5.04. The summed E-state index contributed by atoms with van der Waals surface area (Å²) in [5.74, 6) is 1.03. The fourth-order valence-electron chi connectivity index (χ4n) is 2.56. The zero-order chi connectivity index (χ0) is 17.6. The number of aromatic nitrogens is 1. The van der Waals surface area contributed by atoms with E-state index in [0.717, 1.165) is 17.8 Å². The van der Waals surface area contributed by atoms with Gasteiger partial charge < -0.3 is 5.73 Å². The second-order valence-electron chi connectivity index (χ2n) is 5.57. The highest BCUT2D eigenvalue weighted by atomic mass is 32.2. The van der Waals surface area contributed by atoms with E-state index in [9.17, 15) is 8.42 Å². The lowest BCUT2D eigenvalue weighted by Gasteiger charge is -2.26. The Morgan fingerprint density at radius 2 is 1.67 bits per heavy atom. The normalized spacial score (nSPS) is 16.9. The van der Waals surface area contributed by atoms with Gasteiger partial charge in [-0.2, -0.15) is 0 Å². The minimum Gasteiger partial charge on any atom is -0.384 e. The highest BCUT2D eigenvalue weighted by Crippen LogP contribution is 2.19. The Hall–Kier alpha value is -1.92. The molecule has 0 saturated carbocycles. The molecule has 1 aliphatic rings. The standard InChI is InChI=1S/C16H19N3O2S.C2H6/c17-16-3-1-2-15(18-16)14-6-4-13(5-7-14)12-19-8-10-22(20,21)11-9-19;1-2/h1-7H,8-12H2,(H2,17,18);1-2H3. The van der Waals surface area contributed by atoms with Crippen molar-refractivity contribution in [3.63, 3.8) is 0 Å². The Bertz CT molecular complexity index is 744. The summed E-state index contributed by atoms with van der Waals surface area (Å²) in [6, 6.07) is 13.8. The fraction of sp³-hybridized carbons (Fsp3) is 0.389. The van der Waals surface area contributed by atoms with Crippen molar-refractivity contribution in [3.8, 4) is 11.3 Å². The number of hydrogen-bond donors (Lipinski definition) is 1. The number of nitrogen functional groups attached to an aromatic ring is 1. The number of benzene rings is 1. The Balaban J connectivity index is 0.00000100. The van der Waals surface area contributed by atoms with Crippen molar-refractivity contribution < 1.29 is 8.42 Å². The summed E-state index contributed by atoms with van der Waals surface area (Å²) < 4.78 is 22.9.